The van der Waals surface area contributed by atoms with Crippen LogP contribution >= 0.6 is 21.6 Å². The van der Waals surface area contributed by atoms with Gasteiger partial charge < -0.3 is 0 Å². The maximum atomic E-state index is 11.5. The molecule has 0 aromatic heterocycles. The Morgan fingerprint density at radius 3 is 2.50 bits per heavy atom. The van der Waals surface area contributed by atoms with E-state index >= 15 is 0 Å². The van der Waals surface area contributed by atoms with E-state index in [4.69, 9.17) is 0 Å². The lowest BCUT2D eigenvalue weighted by molar-refractivity contribution is 0.699. The van der Waals surface area contributed by atoms with Crippen LogP contribution in [0.25, 0.3) is 11.1 Å². The molecule has 1 aliphatic rings. The Labute approximate surface area is 104 Å². The molecule has 1 atom stereocenters. The normalized spacial score (nSPS) is 18.4. The number of rotatable bonds is 1. The van der Waals surface area contributed by atoms with E-state index in [1.165, 1.54) is 32.7 Å². The third kappa shape index (κ3) is 1.81. The SMILES string of the molecule is O=S1Sc2cccc(-c3ccccc3)c2S1. The van der Waals surface area contributed by atoms with Crippen LogP contribution in [0.15, 0.2) is 58.3 Å². The van der Waals surface area contributed by atoms with Crippen LogP contribution in [0.3, 0.4) is 0 Å². The van der Waals surface area contributed by atoms with Crippen LogP contribution in [0, 0.1) is 0 Å². The van der Waals surface area contributed by atoms with Crippen molar-refractivity contribution in [3.63, 3.8) is 0 Å². The Morgan fingerprint density at radius 2 is 1.69 bits per heavy atom. The van der Waals surface area contributed by atoms with Crippen molar-refractivity contribution in [1.82, 2.24) is 0 Å². The standard InChI is InChI=1S/C12H8OS3/c13-16-14-11-8-4-7-10(12(11)15-16)9-5-2-1-3-6-9/h1-8H. The third-order valence-corrected chi connectivity index (χ3v) is 6.98. The van der Waals surface area contributed by atoms with Gasteiger partial charge in [0.1, 0.15) is 0 Å². The lowest BCUT2D eigenvalue weighted by atomic mass is 10.1. The fourth-order valence-corrected chi connectivity index (χ4v) is 6.78. The lowest BCUT2D eigenvalue weighted by Crippen LogP contribution is -1.80. The van der Waals surface area contributed by atoms with E-state index in [0.29, 0.717) is 0 Å². The van der Waals surface area contributed by atoms with Crippen molar-refractivity contribution in [2.24, 2.45) is 0 Å². The average Bonchev–Trinajstić information content (AvgIpc) is 2.70. The molecule has 1 unspecified atom stereocenters. The van der Waals surface area contributed by atoms with Gasteiger partial charge in [0, 0.05) is 9.79 Å². The molecule has 80 valence electrons. The summed E-state index contributed by atoms with van der Waals surface area (Å²) in [6.07, 6.45) is 0. The summed E-state index contributed by atoms with van der Waals surface area (Å²) >= 11 is 0. The zero-order chi connectivity index (χ0) is 11.0. The first-order chi connectivity index (χ1) is 7.84. The number of hydrogen-bond acceptors (Lipinski definition) is 3. The van der Waals surface area contributed by atoms with E-state index in [0.717, 1.165) is 9.79 Å². The van der Waals surface area contributed by atoms with Gasteiger partial charge in [-0.3, -0.25) is 0 Å². The summed E-state index contributed by atoms with van der Waals surface area (Å²) in [5.74, 6) is 0. The molecule has 0 fully saturated rings. The van der Waals surface area contributed by atoms with E-state index in [1.807, 2.05) is 30.3 Å². The van der Waals surface area contributed by atoms with Crippen LogP contribution in [-0.4, -0.2) is 4.21 Å². The highest BCUT2D eigenvalue weighted by atomic mass is 33.5. The maximum Gasteiger partial charge on any atom is 0.151 e. The van der Waals surface area contributed by atoms with Crippen LogP contribution < -0.4 is 0 Å². The Balaban J connectivity index is 2.17. The van der Waals surface area contributed by atoms with Crippen LogP contribution in [0.1, 0.15) is 0 Å². The molecule has 1 nitrogen and oxygen atoms in total. The molecule has 0 spiro atoms. The Bertz CT molecular complexity index is 551. The van der Waals surface area contributed by atoms with Gasteiger partial charge in [-0.2, -0.15) is 0 Å². The molecule has 0 N–H and O–H groups in total. The number of fused-ring (bicyclic) bond motifs is 1. The summed E-state index contributed by atoms with van der Waals surface area (Å²) in [6.45, 7) is 0. The minimum Gasteiger partial charge on any atom is -0.235 e. The van der Waals surface area contributed by atoms with Crippen molar-refractivity contribution < 1.29 is 4.21 Å². The molecular formula is C12H8OS3. The first-order valence-corrected chi connectivity index (χ1v) is 8.63. The van der Waals surface area contributed by atoms with Crippen molar-refractivity contribution in [2.45, 2.75) is 9.79 Å². The van der Waals surface area contributed by atoms with Gasteiger partial charge >= 0.3 is 0 Å². The molecule has 1 aliphatic heterocycles. The predicted molar refractivity (Wildman–Crippen MR) is 71.7 cm³/mol. The van der Waals surface area contributed by atoms with Gasteiger partial charge in [0.2, 0.25) is 0 Å². The zero-order valence-corrected chi connectivity index (χ0v) is 10.7. The van der Waals surface area contributed by atoms with E-state index in [-0.39, 0.29) is 0 Å². The van der Waals surface area contributed by atoms with Gasteiger partial charge in [0.05, 0.1) is 0 Å². The van der Waals surface area contributed by atoms with E-state index in [2.05, 4.69) is 18.2 Å². The molecule has 0 aliphatic carbocycles. The van der Waals surface area contributed by atoms with Crippen LogP contribution in [0.5, 0.6) is 0 Å². The first-order valence-electron chi connectivity index (χ1n) is 4.81. The van der Waals surface area contributed by atoms with Crippen molar-refractivity contribution in [2.75, 3.05) is 0 Å². The third-order valence-electron chi connectivity index (χ3n) is 2.37. The van der Waals surface area contributed by atoms with Crippen molar-refractivity contribution >= 4 is 30.5 Å². The average molecular weight is 264 g/mol. The molecule has 0 saturated heterocycles. The highest BCUT2D eigenvalue weighted by Crippen LogP contribution is 2.50. The molecule has 2 aromatic carbocycles. The predicted octanol–water partition coefficient (Wildman–Crippen LogP) is 4.13. The minimum atomic E-state index is -0.870. The summed E-state index contributed by atoms with van der Waals surface area (Å²) in [5, 5.41) is 0. The second-order valence-electron chi connectivity index (χ2n) is 3.37. The molecule has 0 radical (unpaired) electrons. The first kappa shape index (κ1) is 10.4. The highest BCUT2D eigenvalue weighted by molar-refractivity contribution is 9.03. The van der Waals surface area contributed by atoms with Gasteiger partial charge in [0.15, 0.2) is 8.86 Å². The summed E-state index contributed by atoms with van der Waals surface area (Å²) in [4.78, 5) is 2.28. The Morgan fingerprint density at radius 1 is 0.875 bits per heavy atom. The molecule has 3 rings (SSSR count). The molecule has 0 bridgehead atoms. The monoisotopic (exact) mass is 264 g/mol. The molecule has 0 saturated carbocycles. The Kier molecular flexibility index (Phi) is 2.79. The van der Waals surface area contributed by atoms with Crippen molar-refractivity contribution in [3.05, 3.63) is 48.5 Å². The van der Waals surface area contributed by atoms with Gasteiger partial charge in [0.25, 0.3) is 0 Å². The highest BCUT2D eigenvalue weighted by Gasteiger charge is 2.22. The summed E-state index contributed by atoms with van der Waals surface area (Å²) in [5.41, 5.74) is 2.37. The van der Waals surface area contributed by atoms with Gasteiger partial charge in [-0.25, -0.2) is 4.21 Å². The van der Waals surface area contributed by atoms with Crippen molar-refractivity contribution in [3.8, 4) is 11.1 Å². The second-order valence-corrected chi connectivity index (χ2v) is 8.41. The van der Waals surface area contributed by atoms with Gasteiger partial charge in [-0.05, 0) is 38.8 Å². The van der Waals surface area contributed by atoms with Crippen LogP contribution in [0.2, 0.25) is 0 Å². The molecule has 1 heterocycles. The van der Waals surface area contributed by atoms with Crippen LogP contribution in [-0.2, 0) is 8.86 Å². The number of benzene rings is 2. The van der Waals surface area contributed by atoms with Crippen LogP contribution in [0.4, 0.5) is 0 Å². The number of hydrogen-bond donors (Lipinski definition) is 0. The summed E-state index contributed by atoms with van der Waals surface area (Å²) < 4.78 is 11.5. The van der Waals surface area contributed by atoms with Gasteiger partial charge in [-0.1, -0.05) is 42.5 Å². The maximum absolute atomic E-state index is 11.5. The van der Waals surface area contributed by atoms with E-state index < -0.39 is 8.86 Å². The fraction of sp³-hybridized carbons (Fsp3) is 0. The van der Waals surface area contributed by atoms with E-state index in [9.17, 15) is 4.21 Å². The summed E-state index contributed by atoms with van der Waals surface area (Å²) in [7, 11) is 2.01. The lowest BCUT2D eigenvalue weighted by Gasteiger charge is -2.05. The minimum absolute atomic E-state index is 0.870. The Hall–Kier alpha value is -0.710. The fourth-order valence-electron chi connectivity index (χ4n) is 1.67. The van der Waals surface area contributed by atoms with Crippen molar-refractivity contribution in [1.29, 1.82) is 0 Å². The molecular weight excluding hydrogens is 256 g/mol. The zero-order valence-electron chi connectivity index (χ0n) is 8.25. The summed E-state index contributed by atoms with van der Waals surface area (Å²) in [6, 6.07) is 16.4. The quantitative estimate of drug-likeness (QED) is 0.721. The largest absolute Gasteiger partial charge is 0.235 e. The second kappa shape index (κ2) is 4.28. The smallest absolute Gasteiger partial charge is 0.151 e. The molecule has 4 heteroatoms. The molecule has 2 aromatic rings. The molecule has 16 heavy (non-hydrogen) atoms. The molecule has 0 amide bonds. The topological polar surface area (TPSA) is 17.1 Å². The van der Waals surface area contributed by atoms with E-state index in [1.54, 1.807) is 0 Å². The van der Waals surface area contributed by atoms with Gasteiger partial charge in [-0.15, -0.1) is 0 Å².